The van der Waals surface area contributed by atoms with E-state index in [-0.39, 0.29) is 30.1 Å². The topological polar surface area (TPSA) is 151 Å². The molecule has 0 spiro atoms. The van der Waals surface area contributed by atoms with E-state index in [0.717, 1.165) is 5.56 Å². The highest BCUT2D eigenvalue weighted by atomic mass is 32.2. The largest absolute Gasteiger partial charge is 0.444 e. The molecule has 43 heavy (non-hydrogen) atoms. The molecule has 1 aromatic carbocycles. The molecule has 5 amide bonds. The standard InChI is InChI=1S/C31H47N5O6S/c1-19(2)16-24(27(38)33-22(26(32)37)13-15-43-6)36-18-21-12-14-35(25(21)29(36)40)28(39)23(17-20-10-8-7-9-11-20)34-30(41)42-31(3,4)5/h7-11,19,21-25H,12-18H2,1-6H3,(H2,32,37)(H,33,38)(H,34,41)/t21-,22-,23-,24-,25-/m0/s1. The van der Waals surface area contributed by atoms with Gasteiger partial charge in [-0.25, -0.2) is 4.79 Å². The molecule has 2 aliphatic heterocycles. The summed E-state index contributed by atoms with van der Waals surface area (Å²) in [4.78, 5) is 69.3. The Morgan fingerprint density at radius 1 is 1.09 bits per heavy atom. The SMILES string of the molecule is CSCC[C@H](NC(=O)[C@H](CC(C)C)N1C[C@@H]2CCN(C(=O)[C@H](Cc3ccccc3)NC(=O)OC(C)(C)C)[C@@H]2C1=O)C(N)=O. The van der Waals surface area contributed by atoms with Gasteiger partial charge >= 0.3 is 6.09 Å². The second-order valence-corrected chi connectivity index (χ2v) is 13.8. The first-order valence-corrected chi connectivity index (χ1v) is 16.3. The van der Waals surface area contributed by atoms with E-state index in [1.54, 1.807) is 42.3 Å². The summed E-state index contributed by atoms with van der Waals surface area (Å²) in [6.45, 7) is 9.86. The minimum Gasteiger partial charge on any atom is -0.444 e. The molecule has 4 N–H and O–H groups in total. The van der Waals surface area contributed by atoms with Crippen LogP contribution >= 0.6 is 11.8 Å². The van der Waals surface area contributed by atoms with Gasteiger partial charge in [-0.2, -0.15) is 11.8 Å². The van der Waals surface area contributed by atoms with E-state index in [2.05, 4.69) is 10.6 Å². The molecule has 2 aliphatic rings. The third-order valence-electron chi connectivity index (χ3n) is 7.69. The molecule has 5 atom stereocenters. The van der Waals surface area contributed by atoms with E-state index in [4.69, 9.17) is 10.5 Å². The van der Waals surface area contributed by atoms with Crippen LogP contribution in [0.1, 0.15) is 59.4 Å². The number of hydrogen-bond acceptors (Lipinski definition) is 7. The van der Waals surface area contributed by atoms with Crippen LogP contribution in [-0.4, -0.2) is 94.4 Å². The van der Waals surface area contributed by atoms with Gasteiger partial charge < -0.3 is 30.9 Å². The van der Waals surface area contributed by atoms with Crippen molar-refractivity contribution in [2.75, 3.05) is 25.1 Å². The third kappa shape index (κ3) is 9.35. The lowest BCUT2D eigenvalue weighted by Gasteiger charge is -2.32. The number of nitrogens with one attached hydrogen (secondary N) is 2. The summed E-state index contributed by atoms with van der Waals surface area (Å²) in [7, 11) is 0. The molecule has 3 rings (SSSR count). The molecular formula is C31H47N5O6S. The zero-order valence-corrected chi connectivity index (χ0v) is 26.9. The summed E-state index contributed by atoms with van der Waals surface area (Å²) in [6, 6.07) is 6.03. The molecule has 1 aromatic rings. The first kappa shape index (κ1) is 34.2. The van der Waals surface area contributed by atoms with Crippen molar-refractivity contribution in [2.45, 2.75) is 90.1 Å². The van der Waals surface area contributed by atoms with Crippen LogP contribution in [0.25, 0.3) is 0 Å². The first-order chi connectivity index (χ1) is 20.2. The Morgan fingerprint density at radius 2 is 1.77 bits per heavy atom. The second kappa shape index (κ2) is 14.9. The molecule has 2 saturated heterocycles. The predicted molar refractivity (Wildman–Crippen MR) is 166 cm³/mol. The summed E-state index contributed by atoms with van der Waals surface area (Å²) in [5.74, 6) is -1.12. The molecule has 0 radical (unpaired) electrons. The average molecular weight is 618 g/mol. The molecule has 12 heteroatoms. The zero-order valence-electron chi connectivity index (χ0n) is 26.1. The summed E-state index contributed by atoms with van der Waals surface area (Å²) in [5, 5.41) is 5.51. The van der Waals surface area contributed by atoms with Crippen LogP contribution in [0.4, 0.5) is 4.79 Å². The number of nitrogens with zero attached hydrogens (tertiary/aromatic N) is 2. The molecule has 0 bridgehead atoms. The van der Waals surface area contributed by atoms with E-state index in [0.29, 0.717) is 38.1 Å². The Hall–Kier alpha value is -3.28. The fourth-order valence-electron chi connectivity index (χ4n) is 5.73. The Labute approximate surface area is 259 Å². The number of benzene rings is 1. The number of hydrogen-bond donors (Lipinski definition) is 3. The molecule has 0 aliphatic carbocycles. The maximum atomic E-state index is 14.0. The quantitative estimate of drug-likeness (QED) is 0.307. The predicted octanol–water partition coefficient (Wildman–Crippen LogP) is 2.32. The van der Waals surface area contributed by atoms with Gasteiger partial charge in [0.1, 0.15) is 29.8 Å². The van der Waals surface area contributed by atoms with Crippen molar-refractivity contribution < 1.29 is 28.7 Å². The Balaban J connectivity index is 1.82. The van der Waals surface area contributed by atoms with Gasteiger partial charge in [-0.3, -0.25) is 19.2 Å². The van der Waals surface area contributed by atoms with Crippen molar-refractivity contribution in [1.29, 1.82) is 0 Å². The van der Waals surface area contributed by atoms with E-state index >= 15 is 0 Å². The van der Waals surface area contributed by atoms with Crippen LogP contribution in [0.2, 0.25) is 0 Å². The number of thioether (sulfide) groups is 1. The normalized spacial score (nSPS) is 20.4. The zero-order chi connectivity index (χ0) is 31.9. The van der Waals surface area contributed by atoms with Gasteiger partial charge in [-0.15, -0.1) is 0 Å². The average Bonchev–Trinajstić information content (AvgIpc) is 3.48. The van der Waals surface area contributed by atoms with Gasteiger partial charge in [0.05, 0.1) is 0 Å². The lowest BCUT2D eigenvalue weighted by Crippen LogP contribution is -2.56. The number of amides is 5. The molecule has 0 aromatic heterocycles. The van der Waals surface area contributed by atoms with Gasteiger partial charge in [0.25, 0.3) is 0 Å². The lowest BCUT2D eigenvalue weighted by molar-refractivity contribution is -0.145. The second-order valence-electron chi connectivity index (χ2n) is 12.8. The number of nitrogens with two attached hydrogens (primary N) is 1. The van der Waals surface area contributed by atoms with Gasteiger partial charge in [0.2, 0.25) is 23.6 Å². The minimum absolute atomic E-state index is 0.0910. The van der Waals surface area contributed by atoms with Crippen molar-refractivity contribution in [2.24, 2.45) is 17.6 Å². The van der Waals surface area contributed by atoms with E-state index in [9.17, 15) is 24.0 Å². The number of ether oxygens (including phenoxy) is 1. The number of primary amides is 1. The number of fused-ring (bicyclic) bond motifs is 1. The third-order valence-corrected chi connectivity index (χ3v) is 8.33. The smallest absolute Gasteiger partial charge is 0.408 e. The Morgan fingerprint density at radius 3 is 2.35 bits per heavy atom. The van der Waals surface area contributed by atoms with Crippen molar-refractivity contribution in [3.05, 3.63) is 35.9 Å². The van der Waals surface area contributed by atoms with Crippen LogP contribution in [-0.2, 0) is 30.3 Å². The number of carbonyl (C=O) groups is 5. The molecule has 0 saturated carbocycles. The lowest BCUT2D eigenvalue weighted by atomic mass is 10.0. The fourth-order valence-corrected chi connectivity index (χ4v) is 6.21. The molecule has 0 unspecified atom stereocenters. The van der Waals surface area contributed by atoms with Crippen LogP contribution in [0.15, 0.2) is 30.3 Å². The molecule has 2 heterocycles. The first-order valence-electron chi connectivity index (χ1n) is 14.9. The summed E-state index contributed by atoms with van der Waals surface area (Å²) < 4.78 is 5.44. The van der Waals surface area contributed by atoms with Gasteiger partial charge in [-0.1, -0.05) is 44.2 Å². The van der Waals surface area contributed by atoms with E-state index in [1.807, 2.05) is 50.4 Å². The maximum absolute atomic E-state index is 14.0. The summed E-state index contributed by atoms with van der Waals surface area (Å²) in [6.07, 6.45) is 2.81. The van der Waals surface area contributed by atoms with Crippen LogP contribution in [0.3, 0.4) is 0 Å². The summed E-state index contributed by atoms with van der Waals surface area (Å²) >= 11 is 1.55. The van der Waals surface area contributed by atoms with E-state index in [1.165, 1.54) is 0 Å². The highest BCUT2D eigenvalue weighted by molar-refractivity contribution is 7.98. The highest BCUT2D eigenvalue weighted by Crippen LogP contribution is 2.35. The van der Waals surface area contributed by atoms with Crippen molar-refractivity contribution in [3.8, 4) is 0 Å². The number of likely N-dealkylation sites (tertiary alicyclic amines) is 2. The van der Waals surface area contributed by atoms with Crippen LogP contribution in [0.5, 0.6) is 0 Å². The molecule has 11 nitrogen and oxygen atoms in total. The van der Waals surface area contributed by atoms with Gasteiger partial charge in [0.15, 0.2) is 0 Å². The van der Waals surface area contributed by atoms with E-state index < -0.39 is 47.7 Å². The van der Waals surface area contributed by atoms with Crippen molar-refractivity contribution in [3.63, 3.8) is 0 Å². The maximum Gasteiger partial charge on any atom is 0.408 e. The summed E-state index contributed by atoms with van der Waals surface area (Å²) in [5.41, 5.74) is 5.66. The minimum atomic E-state index is -0.944. The van der Waals surface area contributed by atoms with Crippen molar-refractivity contribution in [1.82, 2.24) is 20.4 Å². The monoisotopic (exact) mass is 617 g/mol. The van der Waals surface area contributed by atoms with Gasteiger partial charge in [0, 0.05) is 25.4 Å². The number of carbonyl (C=O) groups excluding carboxylic acids is 5. The molecule has 2 fully saturated rings. The number of alkyl carbamates (subject to hydrolysis) is 1. The Kier molecular flexibility index (Phi) is 11.9. The van der Waals surface area contributed by atoms with Gasteiger partial charge in [-0.05, 0) is 63.5 Å². The highest BCUT2D eigenvalue weighted by Gasteiger charge is 2.53. The molecule has 238 valence electrons. The number of rotatable bonds is 13. The molecular weight excluding hydrogens is 570 g/mol. The van der Waals surface area contributed by atoms with Crippen molar-refractivity contribution >= 4 is 41.5 Å². The Bertz CT molecular complexity index is 1160. The fraction of sp³-hybridized carbons (Fsp3) is 0.645. The van der Waals surface area contributed by atoms with Crippen LogP contribution in [0, 0.1) is 11.8 Å². The van der Waals surface area contributed by atoms with Crippen LogP contribution < -0.4 is 16.4 Å².